The molecular formula is C27H30N4O5. The molecule has 9 nitrogen and oxygen atoms in total. The van der Waals surface area contributed by atoms with E-state index in [4.69, 9.17) is 18.6 Å². The van der Waals surface area contributed by atoms with Crippen LogP contribution in [-0.2, 0) is 11.3 Å². The molecule has 0 fully saturated rings. The zero-order chi connectivity index (χ0) is 24.7. The molecule has 2 heterocycles. The van der Waals surface area contributed by atoms with E-state index in [-0.39, 0.29) is 18.7 Å². The van der Waals surface area contributed by atoms with Crippen molar-refractivity contribution in [2.24, 2.45) is 5.92 Å². The van der Waals surface area contributed by atoms with Crippen LogP contribution in [0.25, 0.3) is 5.57 Å². The Morgan fingerprint density at radius 3 is 3.03 bits per heavy atom. The fraction of sp³-hybridized carbons (Fsp3) is 0.333. The lowest BCUT2D eigenvalue weighted by molar-refractivity contribution is 0.103. The number of hydrogen-bond donors (Lipinski definition) is 3. The van der Waals surface area contributed by atoms with Crippen LogP contribution in [0.15, 0.2) is 76.5 Å². The Hall–Kier alpha value is -3.82. The maximum absolute atomic E-state index is 10.4. The number of benzene rings is 1. The lowest BCUT2D eigenvalue weighted by Crippen LogP contribution is -2.14. The second-order valence-electron chi connectivity index (χ2n) is 8.64. The van der Waals surface area contributed by atoms with E-state index in [9.17, 15) is 5.11 Å². The quantitative estimate of drug-likeness (QED) is 0.479. The van der Waals surface area contributed by atoms with Gasteiger partial charge in [-0.15, -0.1) is 5.10 Å². The van der Waals surface area contributed by atoms with E-state index in [2.05, 4.69) is 26.9 Å². The van der Waals surface area contributed by atoms with Crippen molar-refractivity contribution in [3.05, 3.63) is 83.6 Å². The number of nitrogens with one attached hydrogen (secondary N) is 2. The lowest BCUT2D eigenvalue weighted by atomic mass is 10.0. The molecule has 2 aromatic rings. The molecular weight excluding hydrogens is 460 g/mol. The molecule has 0 radical (unpaired) electrons. The third-order valence-electron chi connectivity index (χ3n) is 5.97. The van der Waals surface area contributed by atoms with Crippen molar-refractivity contribution >= 4 is 11.6 Å². The Balaban J connectivity index is 1.26. The van der Waals surface area contributed by atoms with Gasteiger partial charge in [-0.05, 0) is 55.7 Å². The van der Waals surface area contributed by atoms with E-state index in [0.29, 0.717) is 37.8 Å². The summed E-state index contributed by atoms with van der Waals surface area (Å²) >= 11 is 0. The molecule has 0 saturated carbocycles. The molecule has 1 aliphatic heterocycles. The molecule has 9 heteroatoms. The smallest absolute Gasteiger partial charge is 0.320 e. The first-order valence-electron chi connectivity index (χ1n) is 12.1. The molecule has 0 spiro atoms. The number of aliphatic hydroxyl groups excluding tert-OH is 1. The van der Waals surface area contributed by atoms with E-state index in [1.54, 1.807) is 6.08 Å². The number of rotatable bonds is 9. The Morgan fingerprint density at radius 2 is 2.11 bits per heavy atom. The van der Waals surface area contributed by atoms with Crippen molar-refractivity contribution in [1.29, 1.82) is 0 Å². The number of anilines is 1. The van der Waals surface area contributed by atoms with Gasteiger partial charge in [0, 0.05) is 30.5 Å². The average Bonchev–Trinajstić information content (AvgIpc) is 3.42. The molecule has 3 aliphatic rings. The highest BCUT2D eigenvalue weighted by atomic mass is 16.7. The van der Waals surface area contributed by atoms with E-state index >= 15 is 0 Å². The SMILES string of the molecule is CCOCC1C=CC(Nc2nnc(C3=CCC=CC=C3NCc3ccc4c(c3)OCO4)o2)=CC(O)C1. The molecule has 36 heavy (non-hydrogen) atoms. The van der Waals surface area contributed by atoms with Gasteiger partial charge in [0.15, 0.2) is 11.5 Å². The zero-order valence-corrected chi connectivity index (χ0v) is 20.1. The van der Waals surface area contributed by atoms with Crippen LogP contribution in [0, 0.1) is 5.92 Å². The van der Waals surface area contributed by atoms with E-state index in [0.717, 1.165) is 34.8 Å². The highest BCUT2D eigenvalue weighted by Crippen LogP contribution is 2.33. The monoisotopic (exact) mass is 490 g/mol. The van der Waals surface area contributed by atoms with Crippen molar-refractivity contribution in [2.75, 3.05) is 25.3 Å². The van der Waals surface area contributed by atoms with Crippen LogP contribution in [0.2, 0.25) is 0 Å². The molecule has 2 aliphatic carbocycles. The normalized spacial score (nSPS) is 20.8. The van der Waals surface area contributed by atoms with E-state index in [1.807, 2.05) is 55.5 Å². The maximum Gasteiger partial charge on any atom is 0.320 e. The number of allylic oxidation sites excluding steroid dienone is 6. The van der Waals surface area contributed by atoms with Gasteiger partial charge in [0.1, 0.15) is 0 Å². The summed E-state index contributed by atoms with van der Waals surface area (Å²) in [6.07, 6.45) is 14.5. The Morgan fingerprint density at radius 1 is 1.19 bits per heavy atom. The van der Waals surface area contributed by atoms with Crippen LogP contribution in [0.4, 0.5) is 6.01 Å². The molecule has 0 bridgehead atoms. The first kappa shape index (κ1) is 23.9. The van der Waals surface area contributed by atoms with Crippen molar-refractivity contribution in [3.8, 4) is 11.5 Å². The molecule has 188 valence electrons. The van der Waals surface area contributed by atoms with Gasteiger partial charge < -0.3 is 34.4 Å². The van der Waals surface area contributed by atoms with Gasteiger partial charge in [0.05, 0.1) is 18.3 Å². The van der Waals surface area contributed by atoms with Crippen LogP contribution < -0.4 is 20.1 Å². The minimum absolute atomic E-state index is 0.140. The second kappa shape index (κ2) is 11.3. The van der Waals surface area contributed by atoms with Gasteiger partial charge in [0.25, 0.3) is 5.89 Å². The number of fused-ring (bicyclic) bond motifs is 1. The number of ether oxygens (including phenoxy) is 3. The summed E-state index contributed by atoms with van der Waals surface area (Å²) in [5, 5.41) is 25.4. The average molecular weight is 491 g/mol. The van der Waals surface area contributed by atoms with Gasteiger partial charge in [0.2, 0.25) is 6.79 Å². The minimum Gasteiger partial charge on any atom is -0.454 e. The molecule has 0 amide bonds. The number of aliphatic hydroxyl groups is 1. The standard InChI is InChI=1S/C27H30N4O5/c1-2-33-16-19-8-10-20(14-21(32)12-19)29-27-31-30-26(36-27)22-6-4-3-5-7-23(22)28-15-18-9-11-24-25(13-18)35-17-34-24/h3,5-11,13-14,19,21,28,32H,2,4,12,15-17H2,1H3,(H,29,31). The molecule has 1 aromatic carbocycles. The molecule has 0 saturated heterocycles. The fourth-order valence-electron chi connectivity index (χ4n) is 4.17. The highest BCUT2D eigenvalue weighted by molar-refractivity contribution is 5.75. The van der Waals surface area contributed by atoms with Crippen LogP contribution >= 0.6 is 0 Å². The summed E-state index contributed by atoms with van der Waals surface area (Å²) in [4.78, 5) is 0. The molecule has 1 aromatic heterocycles. The first-order chi connectivity index (χ1) is 17.7. The van der Waals surface area contributed by atoms with E-state index in [1.165, 1.54) is 0 Å². The summed E-state index contributed by atoms with van der Waals surface area (Å²) in [5.74, 6) is 2.06. The largest absolute Gasteiger partial charge is 0.454 e. The van der Waals surface area contributed by atoms with Crippen LogP contribution in [0.3, 0.4) is 0 Å². The van der Waals surface area contributed by atoms with Gasteiger partial charge in [-0.1, -0.05) is 35.5 Å². The number of hydrogen-bond acceptors (Lipinski definition) is 9. The molecule has 2 atom stereocenters. The van der Waals surface area contributed by atoms with Crippen LogP contribution in [0.5, 0.6) is 11.5 Å². The highest BCUT2D eigenvalue weighted by Gasteiger charge is 2.19. The van der Waals surface area contributed by atoms with Gasteiger partial charge >= 0.3 is 6.01 Å². The van der Waals surface area contributed by atoms with Crippen molar-refractivity contribution in [2.45, 2.75) is 32.4 Å². The summed E-state index contributed by atoms with van der Waals surface area (Å²) in [6, 6.07) is 6.15. The number of aromatic nitrogens is 2. The third kappa shape index (κ3) is 5.87. The predicted molar refractivity (Wildman–Crippen MR) is 135 cm³/mol. The zero-order valence-electron chi connectivity index (χ0n) is 20.1. The number of nitrogens with zero attached hydrogens (tertiary/aromatic N) is 2. The van der Waals surface area contributed by atoms with Crippen LogP contribution in [0.1, 0.15) is 31.2 Å². The van der Waals surface area contributed by atoms with Gasteiger partial charge in [-0.25, -0.2) is 0 Å². The Kier molecular flexibility index (Phi) is 7.49. The molecule has 5 rings (SSSR count). The Bertz CT molecular complexity index is 1230. The Labute approximate surface area is 209 Å². The minimum atomic E-state index is -0.596. The maximum atomic E-state index is 10.4. The first-order valence-corrected chi connectivity index (χ1v) is 12.1. The van der Waals surface area contributed by atoms with Gasteiger partial charge in [-0.3, -0.25) is 0 Å². The molecule has 3 N–H and O–H groups in total. The fourth-order valence-corrected chi connectivity index (χ4v) is 4.17. The second-order valence-corrected chi connectivity index (χ2v) is 8.64. The van der Waals surface area contributed by atoms with Crippen LogP contribution in [-0.4, -0.2) is 41.4 Å². The van der Waals surface area contributed by atoms with Crippen molar-refractivity contribution in [3.63, 3.8) is 0 Å². The van der Waals surface area contributed by atoms with Crippen molar-refractivity contribution in [1.82, 2.24) is 15.5 Å². The summed E-state index contributed by atoms with van der Waals surface area (Å²) in [5.41, 5.74) is 3.46. The summed E-state index contributed by atoms with van der Waals surface area (Å²) in [7, 11) is 0. The topological polar surface area (TPSA) is 111 Å². The lowest BCUT2D eigenvalue weighted by Gasteiger charge is -2.12. The summed E-state index contributed by atoms with van der Waals surface area (Å²) < 4.78 is 22.4. The van der Waals surface area contributed by atoms with Crippen molar-refractivity contribution < 1.29 is 23.7 Å². The molecule has 2 unspecified atom stereocenters. The third-order valence-corrected chi connectivity index (χ3v) is 5.97. The van der Waals surface area contributed by atoms with E-state index < -0.39 is 6.10 Å². The summed E-state index contributed by atoms with van der Waals surface area (Å²) in [6.45, 7) is 4.03. The van der Waals surface area contributed by atoms with Gasteiger partial charge in [-0.2, -0.15) is 0 Å². The predicted octanol–water partition coefficient (Wildman–Crippen LogP) is 4.08.